The lowest BCUT2D eigenvalue weighted by Crippen LogP contribution is -2.03. The fraction of sp³-hybridized carbons (Fsp3) is 0. The van der Waals surface area contributed by atoms with E-state index in [4.69, 9.17) is 9.97 Å². The average molecular weight is 710 g/mol. The Balaban J connectivity index is 1.25. The Labute approximate surface area is 311 Å². The number of hydrogen-bond acceptors (Lipinski definition) is 4. The van der Waals surface area contributed by atoms with E-state index in [0.717, 1.165) is 37.9 Å². The van der Waals surface area contributed by atoms with E-state index in [1.807, 2.05) is 11.3 Å². The Hall–Kier alpha value is -6.40. The average Bonchev–Trinajstić information content (AvgIpc) is 3.91. The van der Waals surface area contributed by atoms with Crippen molar-refractivity contribution < 1.29 is 0 Å². The predicted octanol–water partition coefficient (Wildman–Crippen LogP) is 13.9. The minimum Gasteiger partial charge on any atom is -0.277 e. The van der Waals surface area contributed by atoms with Crippen LogP contribution in [0.5, 0.6) is 0 Å². The SMILES string of the molecule is c1ccc(-c2nc(-n3c4ccc5ccccc5c4c4cccc(-c5cccc6c5sc5ccc7ccccc7c56)c43)nc3c2sc2ccccc23)cc1. The summed E-state index contributed by atoms with van der Waals surface area (Å²) in [6.45, 7) is 0. The van der Waals surface area contributed by atoms with Crippen LogP contribution in [0.1, 0.15) is 0 Å². The van der Waals surface area contributed by atoms with Crippen molar-refractivity contribution in [2.45, 2.75) is 0 Å². The first-order chi connectivity index (χ1) is 26.3. The summed E-state index contributed by atoms with van der Waals surface area (Å²) in [7, 11) is 0. The molecule has 4 aromatic heterocycles. The van der Waals surface area contributed by atoms with Crippen molar-refractivity contribution >= 4 is 106 Å². The van der Waals surface area contributed by atoms with E-state index in [9.17, 15) is 0 Å². The molecule has 246 valence electrons. The van der Waals surface area contributed by atoms with Gasteiger partial charge < -0.3 is 0 Å². The molecule has 4 heterocycles. The summed E-state index contributed by atoms with van der Waals surface area (Å²) < 4.78 is 7.25. The molecule has 0 saturated carbocycles. The summed E-state index contributed by atoms with van der Waals surface area (Å²) in [4.78, 5) is 11.0. The van der Waals surface area contributed by atoms with Gasteiger partial charge in [-0.3, -0.25) is 4.57 Å². The van der Waals surface area contributed by atoms with Crippen molar-refractivity contribution in [3.8, 4) is 28.3 Å². The molecule has 0 fully saturated rings. The molecule has 0 unspecified atom stereocenters. The molecule has 0 radical (unpaired) electrons. The minimum absolute atomic E-state index is 0.678. The van der Waals surface area contributed by atoms with Crippen LogP contribution in [0.2, 0.25) is 0 Å². The molecule has 0 saturated heterocycles. The summed E-state index contributed by atoms with van der Waals surface area (Å²) in [6.07, 6.45) is 0. The third-order valence-electron chi connectivity index (χ3n) is 10.8. The quantitative estimate of drug-likeness (QED) is 0.183. The second kappa shape index (κ2) is 11.1. The fourth-order valence-corrected chi connectivity index (χ4v) is 10.9. The van der Waals surface area contributed by atoms with E-state index in [-0.39, 0.29) is 0 Å². The number of benzene rings is 8. The second-order valence-corrected chi connectivity index (χ2v) is 15.8. The van der Waals surface area contributed by atoms with Crippen LogP contribution in [0.3, 0.4) is 0 Å². The van der Waals surface area contributed by atoms with Gasteiger partial charge >= 0.3 is 0 Å². The van der Waals surface area contributed by atoms with E-state index in [1.165, 1.54) is 68.3 Å². The van der Waals surface area contributed by atoms with Crippen molar-refractivity contribution in [1.29, 1.82) is 0 Å². The van der Waals surface area contributed by atoms with Gasteiger partial charge in [-0.2, -0.15) is 0 Å². The van der Waals surface area contributed by atoms with Gasteiger partial charge in [0.25, 0.3) is 0 Å². The van der Waals surface area contributed by atoms with Gasteiger partial charge in [0, 0.05) is 57.7 Å². The summed E-state index contributed by atoms with van der Waals surface area (Å²) >= 11 is 3.65. The van der Waals surface area contributed by atoms with Gasteiger partial charge in [0.05, 0.1) is 26.9 Å². The molecule has 0 amide bonds. The smallest absolute Gasteiger partial charge is 0.235 e. The van der Waals surface area contributed by atoms with Crippen LogP contribution in [0, 0.1) is 0 Å². The van der Waals surface area contributed by atoms with Crippen LogP contribution >= 0.6 is 22.7 Å². The third kappa shape index (κ3) is 4.15. The minimum atomic E-state index is 0.678. The lowest BCUT2D eigenvalue weighted by atomic mass is 9.97. The molecule has 0 spiro atoms. The maximum atomic E-state index is 5.52. The van der Waals surface area contributed by atoms with Crippen LogP contribution < -0.4 is 0 Å². The largest absolute Gasteiger partial charge is 0.277 e. The Morgan fingerprint density at radius 2 is 1.06 bits per heavy atom. The van der Waals surface area contributed by atoms with E-state index in [2.05, 4.69) is 168 Å². The van der Waals surface area contributed by atoms with Crippen LogP contribution in [-0.2, 0) is 0 Å². The first kappa shape index (κ1) is 29.2. The summed E-state index contributed by atoms with van der Waals surface area (Å²) in [5.41, 5.74) is 7.63. The number of para-hydroxylation sites is 1. The Morgan fingerprint density at radius 3 is 1.89 bits per heavy atom. The summed E-state index contributed by atoms with van der Waals surface area (Å²) in [5.74, 6) is 0.678. The maximum absolute atomic E-state index is 5.52. The monoisotopic (exact) mass is 709 g/mol. The standard InChI is InChI=1S/C48H27N3S2/c1-2-14-30(15-3-1)43-47-44(35-18-8-9-23-39(35)52-47)50-48(49-43)51-38-26-24-28-12-4-6-16-31(28)41(38)36-21-10-19-33(45(36)51)34-20-11-22-37-42-32-17-7-5-13-29(32)25-27-40(42)53-46(34)37/h1-27H. The maximum Gasteiger partial charge on any atom is 0.235 e. The number of thiophene rings is 2. The fourth-order valence-electron chi connectivity index (χ4n) is 8.51. The van der Waals surface area contributed by atoms with E-state index in [0.29, 0.717) is 5.95 Å². The number of fused-ring (bicyclic) bond motifs is 13. The number of rotatable bonds is 3. The Bertz CT molecular complexity index is 3460. The summed E-state index contributed by atoms with van der Waals surface area (Å²) in [5, 5.41) is 11.2. The highest BCUT2D eigenvalue weighted by atomic mass is 32.1. The first-order valence-electron chi connectivity index (χ1n) is 17.8. The van der Waals surface area contributed by atoms with Gasteiger partial charge in [0.1, 0.15) is 0 Å². The van der Waals surface area contributed by atoms with E-state index >= 15 is 0 Å². The highest BCUT2D eigenvalue weighted by molar-refractivity contribution is 7.26. The molecular weight excluding hydrogens is 683 g/mol. The number of aromatic nitrogens is 3. The molecule has 0 atom stereocenters. The zero-order valence-corrected chi connectivity index (χ0v) is 29.9. The van der Waals surface area contributed by atoms with E-state index < -0.39 is 0 Å². The van der Waals surface area contributed by atoms with Crippen molar-refractivity contribution in [1.82, 2.24) is 14.5 Å². The van der Waals surface area contributed by atoms with Crippen molar-refractivity contribution in [3.63, 3.8) is 0 Å². The zero-order chi connectivity index (χ0) is 34.6. The Morgan fingerprint density at radius 1 is 0.415 bits per heavy atom. The molecule has 0 aliphatic rings. The Kier molecular flexibility index (Phi) is 6.09. The van der Waals surface area contributed by atoms with Gasteiger partial charge in [-0.05, 0) is 39.7 Å². The normalized spacial score (nSPS) is 12.2. The van der Waals surface area contributed by atoms with Gasteiger partial charge in [-0.25, -0.2) is 9.97 Å². The molecule has 3 nitrogen and oxygen atoms in total. The molecule has 8 aromatic carbocycles. The second-order valence-electron chi connectivity index (χ2n) is 13.7. The third-order valence-corrected chi connectivity index (χ3v) is 13.2. The van der Waals surface area contributed by atoms with E-state index in [1.54, 1.807) is 11.3 Å². The topological polar surface area (TPSA) is 30.7 Å². The van der Waals surface area contributed by atoms with Crippen LogP contribution in [-0.4, -0.2) is 14.5 Å². The van der Waals surface area contributed by atoms with Gasteiger partial charge in [0.15, 0.2) is 0 Å². The van der Waals surface area contributed by atoms with Gasteiger partial charge in [0.2, 0.25) is 5.95 Å². The van der Waals surface area contributed by atoms with Crippen molar-refractivity contribution in [2.75, 3.05) is 0 Å². The summed E-state index contributed by atoms with van der Waals surface area (Å²) in [6, 6.07) is 59.2. The first-order valence-corrected chi connectivity index (χ1v) is 19.5. The van der Waals surface area contributed by atoms with Crippen molar-refractivity contribution in [3.05, 3.63) is 164 Å². The highest BCUT2D eigenvalue weighted by Gasteiger charge is 2.24. The highest BCUT2D eigenvalue weighted by Crippen LogP contribution is 2.47. The number of hydrogen-bond donors (Lipinski definition) is 0. The molecule has 53 heavy (non-hydrogen) atoms. The predicted molar refractivity (Wildman–Crippen MR) is 228 cm³/mol. The van der Waals surface area contributed by atoms with Crippen molar-refractivity contribution in [2.24, 2.45) is 0 Å². The molecular formula is C48H27N3S2. The van der Waals surface area contributed by atoms with Crippen LogP contribution in [0.25, 0.3) is 112 Å². The molecule has 12 rings (SSSR count). The van der Waals surface area contributed by atoms with Crippen LogP contribution in [0.4, 0.5) is 0 Å². The lowest BCUT2D eigenvalue weighted by Gasteiger charge is -2.13. The van der Waals surface area contributed by atoms with Crippen LogP contribution in [0.15, 0.2) is 164 Å². The molecule has 0 aliphatic heterocycles. The van der Waals surface area contributed by atoms with Gasteiger partial charge in [-0.1, -0.05) is 146 Å². The molecule has 12 aromatic rings. The molecule has 0 bridgehead atoms. The zero-order valence-electron chi connectivity index (χ0n) is 28.2. The molecule has 0 N–H and O–H groups in total. The lowest BCUT2D eigenvalue weighted by molar-refractivity contribution is 1.02. The molecule has 0 aliphatic carbocycles. The number of nitrogens with zero attached hydrogens (tertiary/aromatic N) is 3. The molecule has 5 heteroatoms. The van der Waals surface area contributed by atoms with Gasteiger partial charge in [-0.15, -0.1) is 22.7 Å².